The Morgan fingerprint density at radius 1 is 0.404 bits per heavy atom. The second-order valence-electron chi connectivity index (χ2n) is 11.9. The van der Waals surface area contributed by atoms with Crippen LogP contribution in [-0.2, 0) is 0 Å². The second kappa shape index (κ2) is 10.0. The molecule has 0 radical (unpaired) electrons. The third-order valence-corrected chi connectivity index (χ3v) is 9.16. The predicted octanol–water partition coefficient (Wildman–Crippen LogP) is 10.8. The third kappa shape index (κ3) is 4.10. The van der Waals surface area contributed by atoms with Gasteiger partial charge in [-0.1, -0.05) is 109 Å². The quantitative estimate of drug-likeness (QED) is 0.189. The van der Waals surface area contributed by atoms with Gasteiger partial charge in [0.15, 0.2) is 17.5 Å². The van der Waals surface area contributed by atoms with Crippen molar-refractivity contribution in [1.82, 2.24) is 19.9 Å². The van der Waals surface area contributed by atoms with E-state index in [2.05, 4.69) is 114 Å². The SMILES string of the molecule is c1ccc2cc(-c3nc(-c4ccc5ccc6c7ccccc7ccc6c5c4)nc(-c4cccc5oc6ncccc6c45)n3)ccc2c1. The van der Waals surface area contributed by atoms with Gasteiger partial charge in [-0.15, -0.1) is 0 Å². The summed E-state index contributed by atoms with van der Waals surface area (Å²) >= 11 is 0. The standard InChI is InChI=1S/C42H24N4O/c1-2-9-28-23-29(16-14-25(28)7-1)39-44-40(46-41(45-39)34-11-5-13-37-38(34)35-12-6-22-43-42(35)47-37)30-17-15-27-19-20-32-31-10-4-3-8-26(31)18-21-33(32)36(27)24-30/h1-24H. The topological polar surface area (TPSA) is 64.7 Å². The van der Waals surface area contributed by atoms with Crippen LogP contribution in [0.15, 0.2) is 150 Å². The maximum Gasteiger partial charge on any atom is 0.227 e. The summed E-state index contributed by atoms with van der Waals surface area (Å²) in [5.41, 5.74) is 4.06. The summed E-state index contributed by atoms with van der Waals surface area (Å²) in [5, 5.41) is 11.4. The number of furan rings is 1. The van der Waals surface area contributed by atoms with Crippen LogP contribution in [0.3, 0.4) is 0 Å². The zero-order valence-corrected chi connectivity index (χ0v) is 25.1. The molecule has 0 aliphatic carbocycles. The van der Waals surface area contributed by atoms with Gasteiger partial charge in [0.05, 0.1) is 0 Å². The van der Waals surface area contributed by atoms with Crippen molar-refractivity contribution in [2.75, 3.05) is 0 Å². The maximum absolute atomic E-state index is 6.13. The van der Waals surface area contributed by atoms with Crippen LogP contribution in [0.25, 0.3) is 99.3 Å². The van der Waals surface area contributed by atoms with E-state index in [1.165, 1.54) is 32.3 Å². The van der Waals surface area contributed by atoms with Crippen LogP contribution in [0.5, 0.6) is 0 Å². The molecular formula is C42H24N4O. The highest BCUT2D eigenvalue weighted by Gasteiger charge is 2.18. The van der Waals surface area contributed by atoms with Gasteiger partial charge >= 0.3 is 0 Å². The van der Waals surface area contributed by atoms with Crippen molar-refractivity contribution < 1.29 is 4.42 Å². The number of hydrogen-bond donors (Lipinski definition) is 0. The smallest absolute Gasteiger partial charge is 0.227 e. The van der Waals surface area contributed by atoms with Crippen molar-refractivity contribution in [3.8, 4) is 34.2 Å². The summed E-state index contributed by atoms with van der Waals surface area (Å²) < 4.78 is 6.13. The molecule has 3 heterocycles. The molecule has 10 rings (SSSR count). The summed E-state index contributed by atoms with van der Waals surface area (Å²) in [5.74, 6) is 1.81. The van der Waals surface area contributed by atoms with Crippen molar-refractivity contribution in [3.63, 3.8) is 0 Å². The molecule has 0 amide bonds. The molecular weight excluding hydrogens is 576 g/mol. The zero-order valence-electron chi connectivity index (χ0n) is 25.1. The molecule has 0 spiro atoms. The van der Waals surface area contributed by atoms with Crippen molar-refractivity contribution in [2.45, 2.75) is 0 Å². The van der Waals surface area contributed by atoms with Crippen LogP contribution >= 0.6 is 0 Å². The van der Waals surface area contributed by atoms with Crippen LogP contribution < -0.4 is 0 Å². The molecule has 0 bridgehead atoms. The third-order valence-electron chi connectivity index (χ3n) is 9.16. The van der Waals surface area contributed by atoms with Crippen LogP contribution in [0.2, 0.25) is 0 Å². The van der Waals surface area contributed by atoms with E-state index in [1.54, 1.807) is 6.20 Å². The Bertz CT molecular complexity index is 2870. The average molecular weight is 601 g/mol. The van der Waals surface area contributed by atoms with Gasteiger partial charge in [-0.05, 0) is 73.4 Å². The molecule has 0 saturated carbocycles. The minimum atomic E-state index is 0.583. The highest BCUT2D eigenvalue weighted by Crippen LogP contribution is 2.37. The Balaban J connectivity index is 1.24. The van der Waals surface area contributed by atoms with Gasteiger partial charge in [-0.2, -0.15) is 0 Å². The second-order valence-corrected chi connectivity index (χ2v) is 11.9. The van der Waals surface area contributed by atoms with Crippen molar-refractivity contribution in [2.24, 2.45) is 0 Å². The molecule has 0 fully saturated rings. The monoisotopic (exact) mass is 600 g/mol. The fourth-order valence-electron chi connectivity index (χ4n) is 6.89. The van der Waals surface area contributed by atoms with Gasteiger partial charge in [0.2, 0.25) is 5.71 Å². The highest BCUT2D eigenvalue weighted by molar-refractivity contribution is 6.17. The Morgan fingerprint density at radius 3 is 1.89 bits per heavy atom. The maximum atomic E-state index is 6.13. The van der Waals surface area contributed by atoms with E-state index >= 15 is 0 Å². The lowest BCUT2D eigenvalue weighted by molar-refractivity contribution is 0.654. The summed E-state index contributed by atoms with van der Waals surface area (Å²) in [6, 6.07) is 48.5. The van der Waals surface area contributed by atoms with Crippen molar-refractivity contribution in [1.29, 1.82) is 0 Å². The Labute approximate surface area is 268 Å². The lowest BCUT2D eigenvalue weighted by Gasteiger charge is -2.11. The van der Waals surface area contributed by atoms with Crippen LogP contribution in [-0.4, -0.2) is 19.9 Å². The molecule has 0 aliphatic heterocycles. The first-order valence-corrected chi connectivity index (χ1v) is 15.6. The fourth-order valence-corrected chi connectivity index (χ4v) is 6.89. The van der Waals surface area contributed by atoms with Gasteiger partial charge in [-0.25, -0.2) is 19.9 Å². The molecule has 10 aromatic rings. The Hall–Kier alpha value is -6.46. The summed E-state index contributed by atoms with van der Waals surface area (Å²) in [6.07, 6.45) is 1.75. The number of rotatable bonds is 3. The largest absolute Gasteiger partial charge is 0.438 e. The number of fused-ring (bicyclic) bond motifs is 9. The van der Waals surface area contributed by atoms with Crippen molar-refractivity contribution in [3.05, 3.63) is 146 Å². The molecule has 3 aromatic heterocycles. The molecule has 7 aromatic carbocycles. The lowest BCUT2D eigenvalue weighted by Crippen LogP contribution is -2.00. The van der Waals surface area contributed by atoms with Gasteiger partial charge in [0.25, 0.3) is 0 Å². The van der Waals surface area contributed by atoms with Crippen molar-refractivity contribution >= 4 is 65.2 Å². The first kappa shape index (κ1) is 25.8. The summed E-state index contributed by atoms with van der Waals surface area (Å²) in [4.78, 5) is 19.8. The highest BCUT2D eigenvalue weighted by atomic mass is 16.3. The van der Waals surface area contributed by atoms with Crippen LogP contribution in [0, 0.1) is 0 Å². The molecule has 0 N–H and O–H groups in total. The van der Waals surface area contributed by atoms with E-state index in [-0.39, 0.29) is 0 Å². The predicted molar refractivity (Wildman–Crippen MR) is 191 cm³/mol. The molecule has 0 saturated heterocycles. The van der Waals surface area contributed by atoms with Gasteiger partial charge in [0, 0.05) is 33.7 Å². The van der Waals surface area contributed by atoms with Gasteiger partial charge < -0.3 is 4.42 Å². The zero-order chi connectivity index (χ0) is 30.9. The Morgan fingerprint density at radius 2 is 1.04 bits per heavy atom. The van der Waals surface area contributed by atoms with E-state index in [1.807, 2.05) is 30.3 Å². The van der Waals surface area contributed by atoms with E-state index in [4.69, 9.17) is 19.4 Å². The molecule has 0 aliphatic rings. The van der Waals surface area contributed by atoms with Gasteiger partial charge in [0.1, 0.15) is 5.58 Å². The summed E-state index contributed by atoms with van der Waals surface area (Å²) in [6.45, 7) is 0. The normalized spacial score (nSPS) is 11.8. The van der Waals surface area contributed by atoms with Crippen LogP contribution in [0.4, 0.5) is 0 Å². The molecule has 0 unspecified atom stereocenters. The molecule has 5 nitrogen and oxygen atoms in total. The number of benzene rings is 7. The molecule has 5 heteroatoms. The average Bonchev–Trinajstić information content (AvgIpc) is 3.53. The summed E-state index contributed by atoms with van der Waals surface area (Å²) in [7, 11) is 0. The first-order chi connectivity index (χ1) is 23.3. The number of aromatic nitrogens is 4. The van der Waals surface area contributed by atoms with E-state index < -0.39 is 0 Å². The minimum Gasteiger partial charge on any atom is -0.438 e. The molecule has 0 atom stereocenters. The minimum absolute atomic E-state index is 0.583. The first-order valence-electron chi connectivity index (χ1n) is 15.6. The lowest BCUT2D eigenvalue weighted by atomic mass is 9.96. The fraction of sp³-hybridized carbons (Fsp3) is 0. The Kier molecular flexibility index (Phi) is 5.51. The van der Waals surface area contributed by atoms with E-state index in [0.717, 1.165) is 43.8 Å². The number of nitrogens with zero attached hydrogens (tertiary/aromatic N) is 4. The van der Waals surface area contributed by atoms with E-state index in [9.17, 15) is 0 Å². The van der Waals surface area contributed by atoms with Crippen LogP contribution in [0.1, 0.15) is 0 Å². The number of hydrogen-bond acceptors (Lipinski definition) is 5. The molecule has 218 valence electrons. The van der Waals surface area contributed by atoms with E-state index in [0.29, 0.717) is 23.2 Å². The molecule has 47 heavy (non-hydrogen) atoms. The van der Waals surface area contributed by atoms with Gasteiger partial charge in [-0.3, -0.25) is 0 Å². The number of pyridine rings is 1.